The van der Waals surface area contributed by atoms with Gasteiger partial charge in [0.05, 0.1) is 41.0 Å². The Bertz CT molecular complexity index is 1250. The first-order valence-corrected chi connectivity index (χ1v) is 9.57. The molecule has 0 spiro atoms. The van der Waals surface area contributed by atoms with Crippen LogP contribution in [0.3, 0.4) is 0 Å². The number of nitrogens with zero attached hydrogens (tertiary/aromatic N) is 7. The maximum atomic E-state index is 9.16. The Kier molecular flexibility index (Phi) is 5.18. The second kappa shape index (κ2) is 8.09. The smallest absolute Gasteiger partial charge is 0.221 e. The summed E-state index contributed by atoms with van der Waals surface area (Å²) in [5.74, 6) is 0.135. The van der Waals surface area contributed by atoms with Gasteiger partial charge in [-0.05, 0) is 43.7 Å². The van der Waals surface area contributed by atoms with Crippen molar-refractivity contribution in [3.05, 3.63) is 71.2 Å². The Hall–Kier alpha value is -4.12. The Morgan fingerprint density at radius 1 is 1.00 bits per heavy atom. The van der Waals surface area contributed by atoms with E-state index in [9.17, 15) is 0 Å². The number of aromatic nitrogens is 6. The van der Waals surface area contributed by atoms with Crippen molar-refractivity contribution >= 4 is 5.95 Å². The van der Waals surface area contributed by atoms with E-state index in [1.165, 1.54) is 0 Å². The molecule has 1 aromatic carbocycles. The third kappa shape index (κ3) is 3.86. The molecule has 0 aliphatic carbocycles. The summed E-state index contributed by atoms with van der Waals surface area (Å²) in [7, 11) is 0. The number of nitrogens with two attached hydrogens (primary N) is 1. The molecule has 0 bridgehead atoms. The number of rotatable bonds is 5. The first kappa shape index (κ1) is 19.2. The van der Waals surface area contributed by atoms with Crippen LogP contribution >= 0.6 is 0 Å². The number of pyridine rings is 1. The van der Waals surface area contributed by atoms with Crippen LogP contribution in [0.25, 0.3) is 22.6 Å². The standard InChI is InChI=1S/C22H20N8/c1-3-17-8-5-9-18(25-17)13-30-14(2)21(28-29-30)20-11-19(26-22(24)27-20)16-7-4-6-15(10-16)12-23/h4-11H,3,13H2,1-2H3,(H2,24,26,27). The quantitative estimate of drug-likeness (QED) is 0.550. The van der Waals surface area contributed by atoms with E-state index in [0.717, 1.165) is 29.1 Å². The summed E-state index contributed by atoms with van der Waals surface area (Å²) in [6.07, 6.45) is 0.880. The van der Waals surface area contributed by atoms with Crippen LogP contribution < -0.4 is 5.73 Å². The molecular weight excluding hydrogens is 376 g/mol. The Balaban J connectivity index is 1.69. The van der Waals surface area contributed by atoms with E-state index in [-0.39, 0.29) is 5.95 Å². The van der Waals surface area contributed by atoms with Crippen molar-refractivity contribution in [2.24, 2.45) is 0 Å². The number of anilines is 1. The summed E-state index contributed by atoms with van der Waals surface area (Å²) in [5.41, 5.74) is 12.0. The summed E-state index contributed by atoms with van der Waals surface area (Å²) in [6.45, 7) is 4.53. The van der Waals surface area contributed by atoms with Gasteiger partial charge in [0.1, 0.15) is 5.69 Å². The topological polar surface area (TPSA) is 119 Å². The summed E-state index contributed by atoms with van der Waals surface area (Å²) in [5, 5.41) is 17.8. The fourth-order valence-corrected chi connectivity index (χ4v) is 3.20. The minimum Gasteiger partial charge on any atom is -0.368 e. The molecule has 8 heteroatoms. The van der Waals surface area contributed by atoms with Crippen LogP contribution in [0, 0.1) is 18.3 Å². The van der Waals surface area contributed by atoms with Gasteiger partial charge in [-0.15, -0.1) is 5.10 Å². The number of nitriles is 1. The second-order valence-electron chi connectivity index (χ2n) is 6.84. The molecule has 0 fully saturated rings. The van der Waals surface area contributed by atoms with Crippen molar-refractivity contribution in [1.82, 2.24) is 29.9 Å². The lowest BCUT2D eigenvalue weighted by Crippen LogP contribution is -2.07. The predicted molar refractivity (Wildman–Crippen MR) is 113 cm³/mol. The third-order valence-electron chi connectivity index (χ3n) is 4.79. The number of hydrogen-bond donors (Lipinski definition) is 1. The first-order chi connectivity index (χ1) is 14.6. The summed E-state index contributed by atoms with van der Waals surface area (Å²) < 4.78 is 1.80. The Labute approximate surface area is 174 Å². The zero-order valence-electron chi connectivity index (χ0n) is 16.7. The highest BCUT2D eigenvalue weighted by molar-refractivity contribution is 5.69. The largest absolute Gasteiger partial charge is 0.368 e. The van der Waals surface area contributed by atoms with Gasteiger partial charge in [-0.25, -0.2) is 14.6 Å². The zero-order valence-corrected chi connectivity index (χ0v) is 16.7. The lowest BCUT2D eigenvalue weighted by Gasteiger charge is -2.07. The van der Waals surface area contributed by atoms with E-state index in [0.29, 0.717) is 29.2 Å². The van der Waals surface area contributed by atoms with E-state index in [4.69, 9.17) is 11.0 Å². The van der Waals surface area contributed by atoms with Gasteiger partial charge >= 0.3 is 0 Å². The highest BCUT2D eigenvalue weighted by atomic mass is 15.4. The van der Waals surface area contributed by atoms with Crippen molar-refractivity contribution in [3.8, 4) is 28.7 Å². The van der Waals surface area contributed by atoms with Gasteiger partial charge in [0.15, 0.2) is 0 Å². The summed E-state index contributed by atoms with van der Waals surface area (Å²) in [4.78, 5) is 13.3. The fourth-order valence-electron chi connectivity index (χ4n) is 3.20. The molecule has 8 nitrogen and oxygen atoms in total. The van der Waals surface area contributed by atoms with E-state index in [1.807, 2.05) is 43.3 Å². The average Bonchev–Trinajstić information content (AvgIpc) is 3.13. The molecule has 0 unspecified atom stereocenters. The van der Waals surface area contributed by atoms with Gasteiger partial charge in [0, 0.05) is 11.3 Å². The molecule has 0 atom stereocenters. The average molecular weight is 396 g/mol. The highest BCUT2D eigenvalue weighted by Crippen LogP contribution is 2.26. The van der Waals surface area contributed by atoms with E-state index in [2.05, 4.69) is 38.3 Å². The van der Waals surface area contributed by atoms with Crippen LogP contribution in [0.15, 0.2) is 48.5 Å². The minimum atomic E-state index is 0.135. The van der Waals surface area contributed by atoms with Crippen molar-refractivity contribution in [2.45, 2.75) is 26.8 Å². The van der Waals surface area contributed by atoms with Crippen molar-refractivity contribution in [2.75, 3.05) is 5.73 Å². The first-order valence-electron chi connectivity index (χ1n) is 9.57. The lowest BCUT2D eigenvalue weighted by molar-refractivity contribution is 0.621. The molecule has 3 heterocycles. The lowest BCUT2D eigenvalue weighted by atomic mass is 10.1. The SMILES string of the molecule is CCc1cccc(Cn2nnc(-c3cc(-c4cccc(C#N)c4)nc(N)n3)c2C)n1. The molecule has 0 aliphatic rings. The van der Waals surface area contributed by atoms with Crippen LogP contribution in [0.2, 0.25) is 0 Å². The number of nitrogen functional groups attached to an aromatic ring is 1. The van der Waals surface area contributed by atoms with Crippen molar-refractivity contribution in [3.63, 3.8) is 0 Å². The van der Waals surface area contributed by atoms with Gasteiger partial charge in [0.25, 0.3) is 0 Å². The number of benzene rings is 1. The Morgan fingerprint density at radius 3 is 2.57 bits per heavy atom. The van der Waals surface area contributed by atoms with Crippen molar-refractivity contribution < 1.29 is 0 Å². The maximum absolute atomic E-state index is 9.16. The van der Waals surface area contributed by atoms with Crippen LogP contribution in [-0.2, 0) is 13.0 Å². The van der Waals surface area contributed by atoms with Crippen LogP contribution in [0.5, 0.6) is 0 Å². The molecule has 4 rings (SSSR count). The van der Waals surface area contributed by atoms with E-state index in [1.54, 1.807) is 16.8 Å². The number of aryl methyl sites for hydroxylation is 1. The monoisotopic (exact) mass is 396 g/mol. The molecule has 2 N–H and O–H groups in total. The molecule has 0 amide bonds. The summed E-state index contributed by atoms with van der Waals surface area (Å²) >= 11 is 0. The normalized spacial score (nSPS) is 10.7. The predicted octanol–water partition coefficient (Wildman–Crippen LogP) is 3.17. The van der Waals surface area contributed by atoms with Crippen LogP contribution in [0.1, 0.15) is 29.6 Å². The van der Waals surface area contributed by atoms with Gasteiger partial charge < -0.3 is 5.73 Å². The molecule has 0 saturated heterocycles. The Morgan fingerprint density at radius 2 is 1.77 bits per heavy atom. The molecule has 148 valence electrons. The van der Waals surface area contributed by atoms with Crippen LogP contribution in [0.4, 0.5) is 5.95 Å². The van der Waals surface area contributed by atoms with E-state index < -0.39 is 0 Å². The summed E-state index contributed by atoms with van der Waals surface area (Å²) in [6, 6.07) is 17.1. The molecule has 3 aromatic heterocycles. The molecule has 30 heavy (non-hydrogen) atoms. The van der Waals surface area contributed by atoms with Crippen LogP contribution in [-0.4, -0.2) is 29.9 Å². The van der Waals surface area contributed by atoms with Gasteiger partial charge in [0.2, 0.25) is 5.95 Å². The fraction of sp³-hybridized carbons (Fsp3) is 0.182. The van der Waals surface area contributed by atoms with E-state index >= 15 is 0 Å². The molecule has 4 aromatic rings. The van der Waals surface area contributed by atoms with Crippen molar-refractivity contribution in [1.29, 1.82) is 5.26 Å². The maximum Gasteiger partial charge on any atom is 0.221 e. The van der Waals surface area contributed by atoms with Gasteiger partial charge in [-0.1, -0.05) is 30.3 Å². The molecule has 0 radical (unpaired) electrons. The molecule has 0 aliphatic heterocycles. The second-order valence-corrected chi connectivity index (χ2v) is 6.84. The zero-order chi connectivity index (χ0) is 21.1. The minimum absolute atomic E-state index is 0.135. The number of hydrogen-bond acceptors (Lipinski definition) is 7. The highest BCUT2D eigenvalue weighted by Gasteiger charge is 2.15. The van der Waals surface area contributed by atoms with Gasteiger partial charge in [-0.2, -0.15) is 5.26 Å². The molecular formula is C22H20N8. The van der Waals surface area contributed by atoms with Gasteiger partial charge in [-0.3, -0.25) is 4.98 Å². The third-order valence-corrected chi connectivity index (χ3v) is 4.79. The molecule has 0 saturated carbocycles.